The number of non-ortho nitro benzene ring substituents is 1. The molecule has 1 atom stereocenters. The van der Waals surface area contributed by atoms with Crippen LogP contribution in [0.25, 0.3) is 0 Å². The molecule has 0 aliphatic rings. The van der Waals surface area contributed by atoms with E-state index < -0.39 is 4.92 Å². The first-order chi connectivity index (χ1) is 10.5. The average Bonchev–Trinajstić information content (AvgIpc) is 2.94. The SMILES string of the molecule is CCn1ccnc1SC(C)C(=O)Nc1ccc([N+](=O)[O-])cc1. The molecule has 0 saturated carbocycles. The van der Waals surface area contributed by atoms with Gasteiger partial charge in [-0.3, -0.25) is 14.9 Å². The summed E-state index contributed by atoms with van der Waals surface area (Å²) < 4.78 is 1.96. The molecule has 0 fully saturated rings. The molecule has 0 saturated heterocycles. The van der Waals surface area contributed by atoms with Crippen LogP contribution in [0.3, 0.4) is 0 Å². The van der Waals surface area contributed by atoms with E-state index in [1.165, 1.54) is 36.0 Å². The van der Waals surface area contributed by atoms with Crippen LogP contribution < -0.4 is 5.32 Å². The van der Waals surface area contributed by atoms with Gasteiger partial charge in [-0.25, -0.2) is 4.98 Å². The number of benzene rings is 1. The largest absolute Gasteiger partial charge is 0.326 e. The van der Waals surface area contributed by atoms with Crippen LogP contribution in [0.4, 0.5) is 11.4 Å². The second-order valence-corrected chi connectivity index (χ2v) is 5.86. The molecule has 0 radical (unpaired) electrons. The molecule has 1 aromatic carbocycles. The molecular weight excluding hydrogens is 304 g/mol. The number of imidazole rings is 1. The maximum absolute atomic E-state index is 12.2. The van der Waals surface area contributed by atoms with E-state index in [1.807, 2.05) is 17.7 Å². The topological polar surface area (TPSA) is 90.1 Å². The Labute approximate surface area is 131 Å². The highest BCUT2D eigenvalue weighted by atomic mass is 32.2. The predicted octanol–water partition coefficient (Wildman–Crippen LogP) is 2.93. The van der Waals surface area contributed by atoms with E-state index in [-0.39, 0.29) is 16.8 Å². The van der Waals surface area contributed by atoms with Gasteiger partial charge >= 0.3 is 0 Å². The minimum atomic E-state index is -0.478. The van der Waals surface area contributed by atoms with Gasteiger partial charge in [-0.05, 0) is 26.0 Å². The number of carbonyl (C=O) groups excluding carboxylic acids is 1. The summed E-state index contributed by atoms with van der Waals surface area (Å²) in [6, 6.07) is 5.75. The Kier molecular flexibility index (Phi) is 5.16. The molecule has 2 aromatic rings. The number of nitro benzene ring substituents is 1. The monoisotopic (exact) mass is 320 g/mol. The van der Waals surface area contributed by atoms with E-state index in [0.717, 1.165) is 11.7 Å². The molecule has 1 unspecified atom stereocenters. The number of nitro groups is 1. The van der Waals surface area contributed by atoms with Gasteiger partial charge in [0.1, 0.15) is 0 Å². The molecule has 22 heavy (non-hydrogen) atoms. The van der Waals surface area contributed by atoms with Crippen molar-refractivity contribution in [3.8, 4) is 0 Å². The second kappa shape index (κ2) is 7.08. The number of aromatic nitrogens is 2. The quantitative estimate of drug-likeness (QED) is 0.502. The molecular formula is C14H16N4O3S. The molecule has 0 spiro atoms. The normalized spacial score (nSPS) is 11.9. The van der Waals surface area contributed by atoms with E-state index >= 15 is 0 Å². The molecule has 1 aromatic heterocycles. The van der Waals surface area contributed by atoms with E-state index in [2.05, 4.69) is 10.3 Å². The van der Waals surface area contributed by atoms with Crippen molar-refractivity contribution in [3.63, 3.8) is 0 Å². The number of nitrogens with one attached hydrogen (secondary N) is 1. The number of carbonyl (C=O) groups is 1. The third-order valence-corrected chi connectivity index (χ3v) is 4.13. The highest BCUT2D eigenvalue weighted by Crippen LogP contribution is 2.23. The first kappa shape index (κ1) is 16.0. The van der Waals surface area contributed by atoms with Crippen molar-refractivity contribution >= 4 is 29.0 Å². The van der Waals surface area contributed by atoms with Crippen LogP contribution in [-0.4, -0.2) is 25.6 Å². The number of aryl methyl sites for hydroxylation is 1. The zero-order valence-corrected chi connectivity index (χ0v) is 13.0. The highest BCUT2D eigenvalue weighted by Gasteiger charge is 2.17. The number of anilines is 1. The van der Waals surface area contributed by atoms with Gasteiger partial charge in [0.2, 0.25) is 5.91 Å². The molecule has 0 aliphatic heterocycles. The maximum Gasteiger partial charge on any atom is 0.269 e. The summed E-state index contributed by atoms with van der Waals surface area (Å²) in [4.78, 5) is 26.5. The van der Waals surface area contributed by atoms with Crippen molar-refractivity contribution in [2.45, 2.75) is 30.8 Å². The van der Waals surface area contributed by atoms with E-state index in [4.69, 9.17) is 0 Å². The number of hydrogen-bond donors (Lipinski definition) is 1. The summed E-state index contributed by atoms with van der Waals surface area (Å²) >= 11 is 1.37. The fourth-order valence-electron chi connectivity index (χ4n) is 1.78. The smallest absolute Gasteiger partial charge is 0.269 e. The lowest BCUT2D eigenvalue weighted by Crippen LogP contribution is -2.22. The molecule has 1 N–H and O–H groups in total. The van der Waals surface area contributed by atoms with Gasteiger partial charge < -0.3 is 9.88 Å². The Morgan fingerprint density at radius 2 is 2.14 bits per heavy atom. The van der Waals surface area contributed by atoms with Crippen LogP contribution in [0.15, 0.2) is 41.8 Å². The summed E-state index contributed by atoms with van der Waals surface area (Å²) in [6.45, 7) is 4.59. The standard InChI is InChI=1S/C14H16N4O3S/c1-3-17-9-8-15-14(17)22-10(2)13(19)16-11-4-6-12(7-5-11)18(20)21/h4-10H,3H2,1-2H3,(H,16,19). The fraction of sp³-hybridized carbons (Fsp3) is 0.286. The van der Waals surface area contributed by atoms with E-state index in [0.29, 0.717) is 5.69 Å². The van der Waals surface area contributed by atoms with E-state index in [1.54, 1.807) is 13.1 Å². The molecule has 8 heteroatoms. The summed E-state index contributed by atoms with van der Waals surface area (Å²) in [5.41, 5.74) is 0.521. The molecule has 0 aliphatic carbocycles. The maximum atomic E-state index is 12.2. The summed E-state index contributed by atoms with van der Waals surface area (Å²) in [7, 11) is 0. The van der Waals surface area contributed by atoms with Crippen molar-refractivity contribution in [3.05, 3.63) is 46.8 Å². The second-order valence-electron chi connectivity index (χ2n) is 4.55. The van der Waals surface area contributed by atoms with Gasteiger partial charge in [0.15, 0.2) is 5.16 Å². The zero-order chi connectivity index (χ0) is 16.1. The summed E-state index contributed by atoms with van der Waals surface area (Å²) in [5.74, 6) is -0.176. The van der Waals surface area contributed by atoms with Gasteiger partial charge in [0.25, 0.3) is 5.69 Å². The first-order valence-electron chi connectivity index (χ1n) is 6.74. The Hall–Kier alpha value is -2.35. The van der Waals surface area contributed by atoms with Crippen LogP contribution in [0.2, 0.25) is 0 Å². The highest BCUT2D eigenvalue weighted by molar-refractivity contribution is 8.00. The van der Waals surface area contributed by atoms with Gasteiger partial charge in [0.05, 0.1) is 10.2 Å². The van der Waals surface area contributed by atoms with Crippen LogP contribution in [0.1, 0.15) is 13.8 Å². The first-order valence-corrected chi connectivity index (χ1v) is 7.62. The lowest BCUT2D eigenvalue weighted by atomic mass is 10.3. The predicted molar refractivity (Wildman–Crippen MR) is 84.9 cm³/mol. The molecule has 7 nitrogen and oxygen atoms in total. The average molecular weight is 320 g/mol. The Balaban J connectivity index is 1.97. The van der Waals surface area contributed by atoms with Crippen molar-refractivity contribution in [1.82, 2.24) is 9.55 Å². The number of hydrogen-bond acceptors (Lipinski definition) is 5. The molecule has 2 rings (SSSR count). The number of amides is 1. The molecule has 0 bridgehead atoms. The Morgan fingerprint density at radius 1 is 1.45 bits per heavy atom. The van der Waals surface area contributed by atoms with Gasteiger partial charge in [0, 0.05) is 36.8 Å². The number of thioether (sulfide) groups is 1. The van der Waals surface area contributed by atoms with Gasteiger partial charge in [-0.15, -0.1) is 0 Å². The third-order valence-electron chi connectivity index (χ3n) is 3.02. The lowest BCUT2D eigenvalue weighted by molar-refractivity contribution is -0.384. The van der Waals surface area contributed by atoms with Crippen molar-refractivity contribution < 1.29 is 9.72 Å². The number of nitrogens with zero attached hydrogens (tertiary/aromatic N) is 3. The van der Waals surface area contributed by atoms with Gasteiger partial charge in [-0.1, -0.05) is 11.8 Å². The minimum Gasteiger partial charge on any atom is -0.326 e. The molecule has 1 heterocycles. The van der Waals surface area contributed by atoms with Gasteiger partial charge in [-0.2, -0.15) is 0 Å². The number of rotatable bonds is 6. The molecule has 1 amide bonds. The van der Waals surface area contributed by atoms with Crippen LogP contribution in [-0.2, 0) is 11.3 Å². The van der Waals surface area contributed by atoms with E-state index in [9.17, 15) is 14.9 Å². The zero-order valence-electron chi connectivity index (χ0n) is 12.2. The lowest BCUT2D eigenvalue weighted by Gasteiger charge is -2.12. The molecule has 116 valence electrons. The summed E-state index contributed by atoms with van der Waals surface area (Å²) in [6.07, 6.45) is 3.57. The van der Waals surface area contributed by atoms with Crippen LogP contribution in [0.5, 0.6) is 0 Å². The van der Waals surface area contributed by atoms with Crippen molar-refractivity contribution in [2.24, 2.45) is 0 Å². The Morgan fingerprint density at radius 3 is 2.73 bits per heavy atom. The van der Waals surface area contributed by atoms with Crippen LogP contribution >= 0.6 is 11.8 Å². The van der Waals surface area contributed by atoms with Crippen molar-refractivity contribution in [1.29, 1.82) is 0 Å². The minimum absolute atomic E-state index is 0.00889. The Bertz CT molecular complexity index is 669. The summed E-state index contributed by atoms with van der Waals surface area (Å²) in [5, 5.41) is 13.8. The van der Waals surface area contributed by atoms with Crippen molar-refractivity contribution in [2.75, 3.05) is 5.32 Å². The van der Waals surface area contributed by atoms with Crippen LogP contribution in [0, 0.1) is 10.1 Å². The third kappa shape index (κ3) is 3.85. The fourth-order valence-corrected chi connectivity index (χ4v) is 2.71.